The number of nitrogens with zero attached hydrogens (tertiary/aromatic N) is 5. The largest absolute Gasteiger partial charge is 0.458 e. The van der Waals surface area contributed by atoms with Crippen molar-refractivity contribution in [1.29, 1.82) is 0 Å². The van der Waals surface area contributed by atoms with Crippen molar-refractivity contribution in [1.82, 2.24) is 19.1 Å². The lowest BCUT2D eigenvalue weighted by Crippen LogP contribution is -2.30. The maximum atomic E-state index is 8.92. The van der Waals surface area contributed by atoms with Crippen LogP contribution in [0.3, 0.4) is 0 Å². The second-order valence-electron chi connectivity index (χ2n) is 14.8. The second kappa shape index (κ2) is 12.0. The van der Waals surface area contributed by atoms with E-state index in [-0.39, 0.29) is 5.41 Å². The highest BCUT2D eigenvalue weighted by Crippen LogP contribution is 2.36. The summed E-state index contributed by atoms with van der Waals surface area (Å²) in [5, 5.41) is 2.13. The average molecular weight is 658 g/mol. The van der Waals surface area contributed by atoms with Gasteiger partial charge in [-0.05, 0) is 76.9 Å². The molecule has 0 spiro atoms. The Kier molecular flexibility index (Phi) is 7.00. The molecule has 6 heteroatoms. The number of hydrogen-bond acceptors (Lipinski definition) is 3. The lowest BCUT2D eigenvalue weighted by Gasteiger charge is -2.20. The second-order valence-corrected chi connectivity index (χ2v) is 14.8. The maximum Gasteiger partial charge on any atom is 0.271 e. The normalized spacial score (nSPS) is 13.2. The smallest absolute Gasteiger partial charge is 0.271 e. The Balaban J connectivity index is 1.19. The molecule has 4 aromatic carbocycles. The van der Waals surface area contributed by atoms with Crippen molar-refractivity contribution in [2.45, 2.75) is 53.3 Å². The molecule has 0 aliphatic heterocycles. The van der Waals surface area contributed by atoms with Crippen molar-refractivity contribution >= 4 is 32.8 Å². The topological polar surface area (TPSA) is 48.8 Å². The van der Waals surface area contributed by atoms with Gasteiger partial charge in [0.15, 0.2) is 5.82 Å². The van der Waals surface area contributed by atoms with Crippen LogP contribution in [0.15, 0.2) is 128 Å². The Labute approximate surface area is 296 Å². The van der Waals surface area contributed by atoms with Gasteiger partial charge in [-0.15, -0.1) is 0 Å². The van der Waals surface area contributed by atoms with E-state index in [1.807, 2.05) is 79.9 Å². The van der Waals surface area contributed by atoms with E-state index in [9.17, 15) is 0 Å². The van der Waals surface area contributed by atoms with Crippen LogP contribution < -0.4 is 9.30 Å². The lowest BCUT2D eigenvalue weighted by molar-refractivity contribution is -0.572. The van der Waals surface area contributed by atoms with Gasteiger partial charge in [-0.1, -0.05) is 96.1 Å². The van der Waals surface area contributed by atoms with Gasteiger partial charge in [0.25, 0.3) is 6.33 Å². The van der Waals surface area contributed by atoms with E-state index < -0.39 is 11.8 Å². The van der Waals surface area contributed by atoms with Crippen molar-refractivity contribution in [2.24, 2.45) is 5.41 Å². The first-order valence-corrected chi connectivity index (χ1v) is 17.0. The zero-order valence-electron chi connectivity index (χ0n) is 31.3. The molecule has 50 heavy (non-hydrogen) atoms. The van der Waals surface area contributed by atoms with Crippen LogP contribution in [0.5, 0.6) is 11.5 Å². The zero-order valence-corrected chi connectivity index (χ0v) is 29.3. The Bertz CT molecular complexity index is 2620. The average Bonchev–Trinajstić information content (AvgIpc) is 3.67. The summed E-state index contributed by atoms with van der Waals surface area (Å²) in [5.74, 6) is 2.63. The van der Waals surface area contributed by atoms with Gasteiger partial charge >= 0.3 is 0 Å². The van der Waals surface area contributed by atoms with E-state index in [4.69, 9.17) is 17.4 Å². The number of ether oxygens (including phenoxy) is 1. The van der Waals surface area contributed by atoms with Crippen LogP contribution in [0.25, 0.3) is 50.2 Å². The SMILES string of the molecule is [2H]C([2H])(c1ccnc(-n2c3ccccc3c3ccc(Oc4ccnc(-n5[c-][n+](-c6cccc(C(C)(C)C)c6)c6ccccc65)c4)cc32)c1)C(C)(C)C. The van der Waals surface area contributed by atoms with Gasteiger partial charge in [-0.25, -0.2) is 4.98 Å². The number of hydrogen-bond donors (Lipinski definition) is 0. The van der Waals surface area contributed by atoms with Crippen molar-refractivity contribution in [3.63, 3.8) is 0 Å². The van der Waals surface area contributed by atoms with Gasteiger partial charge in [0.05, 0.1) is 27.8 Å². The number of fused-ring (bicyclic) bond motifs is 4. The van der Waals surface area contributed by atoms with Crippen molar-refractivity contribution in [2.75, 3.05) is 0 Å². The third kappa shape index (κ3) is 5.91. The number of imidazole rings is 1. The summed E-state index contributed by atoms with van der Waals surface area (Å²) in [4.78, 5) is 9.48. The van der Waals surface area contributed by atoms with Crippen molar-refractivity contribution in [3.8, 4) is 28.8 Å². The summed E-state index contributed by atoms with van der Waals surface area (Å²) in [6.07, 6.45) is 5.45. The zero-order chi connectivity index (χ0) is 36.4. The predicted octanol–water partition coefficient (Wildman–Crippen LogP) is 10.3. The summed E-state index contributed by atoms with van der Waals surface area (Å²) >= 11 is 0. The third-order valence-corrected chi connectivity index (χ3v) is 8.85. The molecule has 4 aromatic heterocycles. The highest BCUT2D eigenvalue weighted by molar-refractivity contribution is 6.09. The molecule has 0 aliphatic rings. The molecule has 0 atom stereocenters. The maximum absolute atomic E-state index is 8.92. The summed E-state index contributed by atoms with van der Waals surface area (Å²) in [6.45, 7) is 12.4. The molecule has 0 radical (unpaired) electrons. The quantitative estimate of drug-likeness (QED) is 0.132. The lowest BCUT2D eigenvalue weighted by atomic mass is 9.87. The molecule has 0 fully saturated rings. The Morgan fingerprint density at radius 3 is 2.22 bits per heavy atom. The standard InChI is InChI=1S/C44H41N5O/c1-43(2,3)28-30-20-22-46-42(24-30)49-37-15-8-7-14-35(37)36-19-18-33(26-40(36)49)50-34-21-23-45-41(27-34)48-29-47(38-16-9-10-17-39(38)48)32-13-11-12-31(25-32)44(4,5)6/h7-27H,28H2,1-6H3/i28D2. The number of benzene rings is 4. The third-order valence-electron chi connectivity index (χ3n) is 8.85. The van der Waals surface area contributed by atoms with Crippen LogP contribution in [0, 0.1) is 11.7 Å². The van der Waals surface area contributed by atoms with Crippen LogP contribution >= 0.6 is 0 Å². The monoisotopic (exact) mass is 657 g/mol. The van der Waals surface area contributed by atoms with Gasteiger partial charge in [0, 0.05) is 38.0 Å². The van der Waals surface area contributed by atoms with E-state index in [2.05, 4.69) is 90.8 Å². The van der Waals surface area contributed by atoms with E-state index >= 15 is 0 Å². The Hall–Kier alpha value is -5.75. The minimum atomic E-state index is -1.56. The summed E-state index contributed by atoms with van der Waals surface area (Å²) in [6, 6.07) is 38.6. The molecule has 0 unspecified atom stereocenters. The van der Waals surface area contributed by atoms with E-state index in [1.165, 1.54) is 5.56 Å². The van der Waals surface area contributed by atoms with E-state index in [1.54, 1.807) is 18.5 Å². The number of aromatic nitrogens is 5. The molecule has 0 bridgehead atoms. The predicted molar refractivity (Wildman–Crippen MR) is 202 cm³/mol. The molecule has 0 saturated carbocycles. The summed E-state index contributed by atoms with van der Waals surface area (Å²) < 4.78 is 30.5. The molecular formula is C44H41N5O. The number of pyridine rings is 2. The van der Waals surface area contributed by atoms with Crippen LogP contribution in [0.1, 0.15) is 55.4 Å². The van der Waals surface area contributed by atoms with Gasteiger partial charge in [-0.2, -0.15) is 0 Å². The highest BCUT2D eigenvalue weighted by atomic mass is 16.5. The fourth-order valence-corrected chi connectivity index (χ4v) is 6.57. The first kappa shape index (κ1) is 29.2. The highest BCUT2D eigenvalue weighted by Gasteiger charge is 2.19. The first-order chi connectivity index (χ1) is 24.8. The fourth-order valence-electron chi connectivity index (χ4n) is 6.57. The number of para-hydroxylation sites is 3. The molecule has 6 nitrogen and oxygen atoms in total. The van der Waals surface area contributed by atoms with E-state index in [0.29, 0.717) is 28.7 Å². The molecule has 248 valence electrons. The van der Waals surface area contributed by atoms with E-state index in [0.717, 1.165) is 38.5 Å². The summed E-state index contributed by atoms with van der Waals surface area (Å²) in [7, 11) is 0. The molecular weight excluding hydrogens is 615 g/mol. The molecule has 8 aromatic rings. The Morgan fingerprint density at radius 2 is 1.40 bits per heavy atom. The first-order valence-electron chi connectivity index (χ1n) is 18.0. The fraction of sp³-hybridized carbons (Fsp3) is 0.205. The molecule has 0 aliphatic carbocycles. The molecule has 4 heterocycles. The van der Waals surface area contributed by atoms with Gasteiger partial charge in [0.2, 0.25) is 0 Å². The van der Waals surface area contributed by atoms with Crippen LogP contribution in [0.2, 0.25) is 0 Å². The van der Waals surface area contributed by atoms with Gasteiger partial charge in [0.1, 0.15) is 17.3 Å². The van der Waals surface area contributed by atoms with Crippen molar-refractivity contribution in [3.05, 3.63) is 145 Å². The van der Waals surface area contributed by atoms with Crippen molar-refractivity contribution < 1.29 is 12.0 Å². The van der Waals surface area contributed by atoms with Gasteiger partial charge in [-0.3, -0.25) is 18.7 Å². The molecule has 0 N–H and O–H groups in total. The van der Waals surface area contributed by atoms with Crippen LogP contribution in [0.4, 0.5) is 0 Å². The van der Waals surface area contributed by atoms with Gasteiger partial charge < -0.3 is 4.74 Å². The molecule has 0 saturated heterocycles. The Morgan fingerprint density at radius 1 is 0.680 bits per heavy atom. The van der Waals surface area contributed by atoms with Crippen LogP contribution in [-0.4, -0.2) is 19.1 Å². The molecule has 8 rings (SSSR count). The number of rotatable bonds is 6. The summed E-state index contributed by atoms with van der Waals surface area (Å²) in [5.41, 5.74) is 6.19. The van der Waals surface area contributed by atoms with Crippen LogP contribution in [-0.2, 0) is 11.8 Å². The minimum Gasteiger partial charge on any atom is -0.458 e. The molecule has 0 amide bonds. The minimum absolute atomic E-state index is 0.0160.